The summed E-state index contributed by atoms with van der Waals surface area (Å²) >= 11 is 6.22. The summed E-state index contributed by atoms with van der Waals surface area (Å²) in [5.74, 6) is 1.65. The molecule has 2 aliphatic rings. The molecule has 0 radical (unpaired) electrons. The Morgan fingerprint density at radius 1 is 1.21 bits per heavy atom. The van der Waals surface area contributed by atoms with Crippen molar-refractivity contribution >= 4 is 29.0 Å². The molecule has 4 rings (SSSR count). The molecule has 0 spiro atoms. The van der Waals surface area contributed by atoms with E-state index in [0.29, 0.717) is 41.8 Å². The zero-order chi connectivity index (χ0) is 23.6. The molecule has 2 aliphatic heterocycles. The Balaban J connectivity index is 1.65. The second kappa shape index (κ2) is 9.65. The number of piperazine rings is 1. The molecule has 0 saturated carbocycles. The van der Waals surface area contributed by atoms with Crippen molar-refractivity contribution < 1.29 is 18.3 Å². The van der Waals surface area contributed by atoms with Gasteiger partial charge in [0.1, 0.15) is 30.6 Å². The number of alkyl halides is 2. The number of likely N-dealkylation sites (N-methyl/N-ethyl adjacent to an activating group) is 1. The zero-order valence-electron chi connectivity index (χ0n) is 18.7. The lowest BCUT2D eigenvalue weighted by atomic mass is 9.91. The van der Waals surface area contributed by atoms with Gasteiger partial charge in [0.2, 0.25) is 5.91 Å². The number of rotatable bonds is 5. The highest BCUT2D eigenvalue weighted by atomic mass is 35.5. The molecule has 6 nitrogen and oxygen atoms in total. The third-order valence-electron chi connectivity index (χ3n) is 6.23. The van der Waals surface area contributed by atoms with Crippen molar-refractivity contribution in [1.29, 1.82) is 0 Å². The summed E-state index contributed by atoms with van der Waals surface area (Å²) in [6, 6.07) is 11.9. The van der Waals surface area contributed by atoms with Gasteiger partial charge in [-0.25, -0.2) is 13.8 Å². The van der Waals surface area contributed by atoms with E-state index in [-0.39, 0.29) is 12.3 Å². The number of carbonyl (C=O) groups is 1. The van der Waals surface area contributed by atoms with E-state index in [4.69, 9.17) is 21.3 Å². The van der Waals surface area contributed by atoms with Crippen LogP contribution in [0.3, 0.4) is 0 Å². The van der Waals surface area contributed by atoms with E-state index in [1.54, 1.807) is 18.2 Å². The van der Waals surface area contributed by atoms with E-state index in [1.165, 1.54) is 0 Å². The van der Waals surface area contributed by atoms with Crippen LogP contribution < -0.4 is 10.1 Å². The van der Waals surface area contributed by atoms with Gasteiger partial charge < -0.3 is 15.0 Å². The third-order valence-corrected chi connectivity index (χ3v) is 6.47. The predicted octanol–water partition coefficient (Wildman–Crippen LogP) is 4.34. The van der Waals surface area contributed by atoms with E-state index in [9.17, 15) is 13.6 Å². The van der Waals surface area contributed by atoms with Crippen LogP contribution >= 0.6 is 11.6 Å². The van der Waals surface area contributed by atoms with Gasteiger partial charge in [-0.15, -0.1) is 0 Å². The maximum Gasteiger partial charge on any atom is 0.222 e. The normalized spacial score (nSPS) is 20.4. The van der Waals surface area contributed by atoms with Crippen molar-refractivity contribution in [3.05, 3.63) is 53.1 Å². The molecule has 2 aromatic rings. The number of halogens is 3. The Morgan fingerprint density at radius 2 is 1.97 bits per heavy atom. The summed E-state index contributed by atoms with van der Waals surface area (Å²) in [5, 5.41) is 3.01. The molecule has 33 heavy (non-hydrogen) atoms. The molecule has 1 atom stereocenters. The highest BCUT2D eigenvalue weighted by Gasteiger charge is 2.39. The molecule has 176 valence electrons. The zero-order valence-corrected chi connectivity index (χ0v) is 19.4. The van der Waals surface area contributed by atoms with E-state index in [2.05, 4.69) is 15.1 Å². The van der Waals surface area contributed by atoms with Gasteiger partial charge >= 0.3 is 0 Å². The van der Waals surface area contributed by atoms with Crippen molar-refractivity contribution in [3.8, 4) is 11.5 Å². The molecule has 1 unspecified atom stereocenters. The van der Waals surface area contributed by atoms with Crippen LogP contribution in [-0.4, -0.2) is 73.2 Å². The smallest absolute Gasteiger partial charge is 0.222 e. The lowest BCUT2D eigenvalue weighted by Crippen LogP contribution is -2.62. The number of carbonyl (C=O) groups excluding carboxylic acids is 1. The maximum atomic E-state index is 12.9. The number of amides is 1. The molecule has 2 aromatic carbocycles. The highest BCUT2D eigenvalue weighted by molar-refractivity contribution is 6.31. The Bertz CT molecular complexity index is 1060. The standard InChI is InChI=1S/C24H27ClF2N4O2/c1-24(12-22(32)28-17(13-26)14-27)15-31(10-9-30(24)2)23-18-5-3-4-6-20(18)33-21-8-7-16(25)11-19(21)29-23/h3-8,11,17H,9-10,12-15H2,1-2H3,(H,28,32). The first-order chi connectivity index (χ1) is 15.8. The Labute approximate surface area is 197 Å². The molecule has 1 saturated heterocycles. The topological polar surface area (TPSA) is 57.2 Å². The quantitative estimate of drug-likeness (QED) is 0.697. The van der Waals surface area contributed by atoms with Crippen LogP contribution in [0, 0.1) is 0 Å². The first kappa shape index (κ1) is 23.4. The first-order valence-corrected chi connectivity index (χ1v) is 11.2. The number of hydrogen-bond donors (Lipinski definition) is 1. The molecule has 1 amide bonds. The number of fused-ring (bicyclic) bond motifs is 2. The molecule has 1 fully saturated rings. The van der Waals surface area contributed by atoms with Crippen molar-refractivity contribution in [3.63, 3.8) is 0 Å². The molecule has 2 heterocycles. The van der Waals surface area contributed by atoms with Gasteiger partial charge in [-0.05, 0) is 44.3 Å². The van der Waals surface area contributed by atoms with E-state index in [0.717, 1.165) is 11.4 Å². The molecular weight excluding hydrogens is 450 g/mol. The summed E-state index contributed by atoms with van der Waals surface area (Å²) in [6.45, 7) is 1.98. The van der Waals surface area contributed by atoms with Crippen molar-refractivity contribution in [2.24, 2.45) is 4.99 Å². The van der Waals surface area contributed by atoms with Gasteiger partial charge in [-0.3, -0.25) is 9.69 Å². The Hall–Kier alpha value is -2.71. The molecule has 1 N–H and O–H groups in total. The predicted molar refractivity (Wildman–Crippen MR) is 125 cm³/mol. The number of benzene rings is 2. The number of ether oxygens (including phenoxy) is 1. The average Bonchev–Trinajstić information content (AvgIpc) is 2.96. The Kier molecular flexibility index (Phi) is 6.86. The van der Waals surface area contributed by atoms with Gasteiger partial charge in [-0.2, -0.15) is 0 Å². The Morgan fingerprint density at radius 3 is 2.73 bits per heavy atom. The summed E-state index contributed by atoms with van der Waals surface area (Å²) in [7, 11) is 1.95. The summed E-state index contributed by atoms with van der Waals surface area (Å²) in [6.07, 6.45) is 0.102. The molecule has 0 aliphatic carbocycles. The van der Waals surface area contributed by atoms with Gasteiger partial charge in [0.05, 0.1) is 11.6 Å². The van der Waals surface area contributed by atoms with Crippen LogP contribution in [0.1, 0.15) is 18.9 Å². The highest BCUT2D eigenvalue weighted by Crippen LogP contribution is 2.40. The fourth-order valence-electron chi connectivity index (χ4n) is 4.20. The molecule has 0 bridgehead atoms. The SMILES string of the molecule is CN1CCN(C2=Nc3cc(Cl)ccc3Oc3ccccc32)CC1(C)CC(=O)NC(CF)CF. The van der Waals surface area contributed by atoms with Crippen LogP contribution in [0.2, 0.25) is 5.02 Å². The van der Waals surface area contributed by atoms with Crippen LogP contribution in [0.25, 0.3) is 0 Å². The minimum Gasteiger partial charge on any atom is -0.454 e. The van der Waals surface area contributed by atoms with Gasteiger partial charge in [0, 0.05) is 36.6 Å². The second-order valence-electron chi connectivity index (χ2n) is 8.74. The number of nitrogens with one attached hydrogen (secondary N) is 1. The number of aliphatic imine (C=N–C) groups is 1. The minimum absolute atomic E-state index is 0.102. The van der Waals surface area contributed by atoms with E-state index < -0.39 is 24.9 Å². The average molecular weight is 477 g/mol. The van der Waals surface area contributed by atoms with Gasteiger partial charge in [0.15, 0.2) is 5.75 Å². The third kappa shape index (κ3) is 4.96. The number of amidine groups is 1. The van der Waals surface area contributed by atoms with Crippen molar-refractivity contribution in [2.45, 2.75) is 24.9 Å². The minimum atomic E-state index is -1.11. The summed E-state index contributed by atoms with van der Waals surface area (Å²) in [4.78, 5) is 21.7. The second-order valence-corrected chi connectivity index (χ2v) is 9.17. The van der Waals surface area contributed by atoms with Gasteiger partial charge in [-0.1, -0.05) is 23.7 Å². The van der Waals surface area contributed by atoms with Crippen LogP contribution in [0.5, 0.6) is 11.5 Å². The maximum absolute atomic E-state index is 12.9. The molecule has 9 heteroatoms. The van der Waals surface area contributed by atoms with Crippen molar-refractivity contribution in [1.82, 2.24) is 15.1 Å². The fraction of sp³-hybridized carbons (Fsp3) is 0.417. The lowest BCUT2D eigenvalue weighted by molar-refractivity contribution is -0.125. The van der Waals surface area contributed by atoms with Gasteiger partial charge in [0.25, 0.3) is 0 Å². The van der Waals surface area contributed by atoms with Crippen LogP contribution in [-0.2, 0) is 4.79 Å². The largest absolute Gasteiger partial charge is 0.454 e. The lowest BCUT2D eigenvalue weighted by Gasteiger charge is -2.48. The molecular formula is C24H27ClF2N4O2. The van der Waals surface area contributed by atoms with Crippen molar-refractivity contribution in [2.75, 3.05) is 40.0 Å². The van der Waals surface area contributed by atoms with Crippen LogP contribution in [0.4, 0.5) is 14.5 Å². The number of para-hydroxylation sites is 1. The number of hydrogen-bond acceptors (Lipinski definition) is 5. The fourth-order valence-corrected chi connectivity index (χ4v) is 4.37. The number of nitrogens with zero attached hydrogens (tertiary/aromatic N) is 3. The summed E-state index contributed by atoms with van der Waals surface area (Å²) in [5.41, 5.74) is 0.901. The van der Waals surface area contributed by atoms with Crippen LogP contribution in [0.15, 0.2) is 47.5 Å². The summed E-state index contributed by atoms with van der Waals surface area (Å²) < 4.78 is 31.9. The monoisotopic (exact) mass is 476 g/mol. The van der Waals surface area contributed by atoms with E-state index in [1.807, 2.05) is 38.2 Å². The van der Waals surface area contributed by atoms with E-state index >= 15 is 0 Å². The first-order valence-electron chi connectivity index (χ1n) is 10.9. The molecule has 0 aromatic heterocycles.